The summed E-state index contributed by atoms with van der Waals surface area (Å²) in [5, 5.41) is 0. The lowest BCUT2D eigenvalue weighted by Crippen LogP contribution is -2.27. The van der Waals surface area contributed by atoms with Crippen molar-refractivity contribution in [2.24, 2.45) is 0 Å². The number of rotatable bonds is 1. The fourth-order valence-electron chi connectivity index (χ4n) is 1.05. The van der Waals surface area contributed by atoms with Crippen molar-refractivity contribution in [2.75, 3.05) is 18.2 Å². The van der Waals surface area contributed by atoms with Crippen LogP contribution in [0.1, 0.15) is 10.5 Å². The van der Waals surface area contributed by atoms with Crippen molar-refractivity contribution in [1.82, 2.24) is 9.88 Å². The van der Waals surface area contributed by atoms with Crippen LogP contribution in [0.2, 0.25) is 0 Å². The van der Waals surface area contributed by atoms with Gasteiger partial charge in [0.1, 0.15) is 6.26 Å². The van der Waals surface area contributed by atoms with Crippen molar-refractivity contribution in [3.63, 3.8) is 0 Å². The second-order valence-electron chi connectivity index (χ2n) is 2.48. The van der Waals surface area contributed by atoms with E-state index in [1.54, 1.807) is 16.7 Å². The Labute approximate surface area is 73.9 Å². The highest BCUT2D eigenvalue weighted by molar-refractivity contribution is 7.99. The van der Waals surface area contributed by atoms with Gasteiger partial charge in [0.25, 0.3) is 5.91 Å². The summed E-state index contributed by atoms with van der Waals surface area (Å²) in [6.45, 7) is 0.816. The van der Waals surface area contributed by atoms with Crippen molar-refractivity contribution >= 4 is 17.7 Å². The highest BCUT2D eigenvalue weighted by Crippen LogP contribution is 2.15. The minimum absolute atomic E-state index is 0.0336. The molecule has 1 saturated heterocycles. The summed E-state index contributed by atoms with van der Waals surface area (Å²) in [6.07, 6.45) is 2.65. The molecule has 12 heavy (non-hydrogen) atoms. The number of hydrogen-bond donors (Lipinski definition) is 0. The van der Waals surface area contributed by atoms with Crippen LogP contribution >= 0.6 is 11.8 Å². The fourth-order valence-corrected chi connectivity index (χ4v) is 2.00. The molecule has 1 aromatic heterocycles. The van der Waals surface area contributed by atoms with Crippen LogP contribution in [-0.2, 0) is 0 Å². The fraction of sp³-hybridized carbons (Fsp3) is 0.429. The van der Waals surface area contributed by atoms with E-state index in [1.807, 2.05) is 0 Å². The van der Waals surface area contributed by atoms with E-state index in [-0.39, 0.29) is 5.91 Å². The maximum Gasteiger partial charge on any atom is 0.276 e. The number of oxazole rings is 1. The molecule has 5 heteroatoms. The first kappa shape index (κ1) is 7.67. The molecule has 2 rings (SSSR count). The highest BCUT2D eigenvalue weighted by atomic mass is 32.2. The van der Waals surface area contributed by atoms with E-state index in [9.17, 15) is 4.79 Å². The van der Waals surface area contributed by atoms with Crippen molar-refractivity contribution < 1.29 is 9.21 Å². The highest BCUT2D eigenvalue weighted by Gasteiger charge is 2.21. The molecule has 1 aromatic rings. The van der Waals surface area contributed by atoms with Crippen LogP contribution in [-0.4, -0.2) is 34.0 Å². The van der Waals surface area contributed by atoms with Gasteiger partial charge in [0.2, 0.25) is 0 Å². The molecule has 1 aliphatic rings. The van der Waals surface area contributed by atoms with E-state index in [4.69, 9.17) is 4.42 Å². The first-order valence-corrected chi connectivity index (χ1v) is 4.78. The summed E-state index contributed by atoms with van der Waals surface area (Å²) < 4.78 is 4.73. The molecule has 4 nitrogen and oxygen atoms in total. The Hall–Kier alpha value is -0.970. The molecule has 0 saturated carbocycles. The molecule has 64 valence electrons. The maximum atomic E-state index is 11.5. The van der Waals surface area contributed by atoms with E-state index in [1.165, 1.54) is 12.7 Å². The van der Waals surface area contributed by atoms with Gasteiger partial charge in [-0.1, -0.05) is 0 Å². The summed E-state index contributed by atoms with van der Waals surface area (Å²) in [7, 11) is 0. The van der Waals surface area contributed by atoms with Crippen LogP contribution < -0.4 is 0 Å². The number of carbonyl (C=O) groups excluding carboxylic acids is 1. The van der Waals surface area contributed by atoms with Crippen molar-refractivity contribution in [2.45, 2.75) is 0 Å². The molecule has 0 aliphatic carbocycles. The number of nitrogens with zero attached hydrogens (tertiary/aromatic N) is 2. The molecular weight excluding hydrogens is 176 g/mol. The Morgan fingerprint density at radius 1 is 1.75 bits per heavy atom. The van der Waals surface area contributed by atoms with Gasteiger partial charge in [-0.3, -0.25) is 4.79 Å². The van der Waals surface area contributed by atoms with Crippen LogP contribution in [0.5, 0.6) is 0 Å². The monoisotopic (exact) mass is 184 g/mol. The van der Waals surface area contributed by atoms with Crippen LogP contribution in [0.4, 0.5) is 0 Å². The lowest BCUT2D eigenvalue weighted by atomic mass is 10.4. The van der Waals surface area contributed by atoms with E-state index < -0.39 is 0 Å². The van der Waals surface area contributed by atoms with Crippen LogP contribution in [0.15, 0.2) is 17.1 Å². The van der Waals surface area contributed by atoms with Crippen LogP contribution in [0.25, 0.3) is 0 Å². The molecule has 0 unspecified atom stereocenters. The van der Waals surface area contributed by atoms with Crippen molar-refractivity contribution in [3.05, 3.63) is 18.4 Å². The van der Waals surface area contributed by atoms with Gasteiger partial charge in [0.05, 0.1) is 5.88 Å². The third-order valence-electron chi connectivity index (χ3n) is 1.69. The van der Waals surface area contributed by atoms with Gasteiger partial charge in [-0.15, -0.1) is 11.8 Å². The second kappa shape index (κ2) is 3.18. The molecular formula is C7H8N2O2S. The Morgan fingerprint density at radius 3 is 3.25 bits per heavy atom. The van der Waals surface area contributed by atoms with Gasteiger partial charge in [-0.2, -0.15) is 0 Å². The molecule has 1 amide bonds. The summed E-state index contributed by atoms with van der Waals surface area (Å²) in [4.78, 5) is 17.1. The first-order valence-electron chi connectivity index (χ1n) is 3.63. The SMILES string of the molecule is O=C(c1cocn1)N1CCSC1. The van der Waals surface area contributed by atoms with Gasteiger partial charge >= 0.3 is 0 Å². The summed E-state index contributed by atoms with van der Waals surface area (Å²) in [5.41, 5.74) is 0.400. The summed E-state index contributed by atoms with van der Waals surface area (Å²) >= 11 is 1.75. The van der Waals surface area contributed by atoms with Crippen LogP contribution in [0, 0.1) is 0 Å². The number of amides is 1. The normalized spacial score (nSPS) is 16.8. The molecule has 1 fully saturated rings. The Kier molecular flexibility index (Phi) is 2.03. The number of hydrogen-bond acceptors (Lipinski definition) is 4. The largest absolute Gasteiger partial charge is 0.451 e. The Balaban J connectivity index is 2.09. The molecule has 0 spiro atoms. The number of aromatic nitrogens is 1. The van der Waals surface area contributed by atoms with E-state index in [2.05, 4.69) is 4.98 Å². The number of thioether (sulfide) groups is 1. The van der Waals surface area contributed by atoms with E-state index >= 15 is 0 Å². The molecule has 1 aliphatic heterocycles. The van der Waals surface area contributed by atoms with Gasteiger partial charge < -0.3 is 9.32 Å². The van der Waals surface area contributed by atoms with Crippen LogP contribution in [0.3, 0.4) is 0 Å². The van der Waals surface area contributed by atoms with Gasteiger partial charge in [-0.25, -0.2) is 4.98 Å². The minimum atomic E-state index is -0.0336. The standard InChI is InChI=1S/C7H8N2O2S/c10-7(6-3-11-4-8-6)9-1-2-12-5-9/h3-4H,1-2,5H2. The predicted molar refractivity (Wildman–Crippen MR) is 44.9 cm³/mol. The molecule has 2 heterocycles. The average molecular weight is 184 g/mol. The summed E-state index contributed by atoms with van der Waals surface area (Å²) in [6, 6.07) is 0. The zero-order valence-electron chi connectivity index (χ0n) is 6.40. The average Bonchev–Trinajstić information content (AvgIpc) is 2.77. The predicted octanol–water partition coefficient (Wildman–Crippen LogP) is 0.821. The maximum absolute atomic E-state index is 11.5. The third kappa shape index (κ3) is 1.32. The number of carbonyl (C=O) groups is 1. The Bertz CT molecular complexity index is 267. The second-order valence-corrected chi connectivity index (χ2v) is 3.55. The zero-order valence-corrected chi connectivity index (χ0v) is 7.21. The smallest absolute Gasteiger partial charge is 0.276 e. The molecule has 0 aromatic carbocycles. The van der Waals surface area contributed by atoms with Gasteiger partial charge in [-0.05, 0) is 0 Å². The lowest BCUT2D eigenvalue weighted by molar-refractivity contribution is 0.0797. The third-order valence-corrected chi connectivity index (χ3v) is 2.66. The van der Waals surface area contributed by atoms with Crippen molar-refractivity contribution in [1.29, 1.82) is 0 Å². The molecule has 0 atom stereocenters. The lowest BCUT2D eigenvalue weighted by Gasteiger charge is -2.11. The zero-order chi connectivity index (χ0) is 8.39. The van der Waals surface area contributed by atoms with Gasteiger partial charge in [0, 0.05) is 12.3 Å². The molecule has 0 radical (unpaired) electrons. The van der Waals surface area contributed by atoms with E-state index in [0.29, 0.717) is 5.69 Å². The molecule has 0 bridgehead atoms. The van der Waals surface area contributed by atoms with E-state index in [0.717, 1.165) is 18.2 Å². The summed E-state index contributed by atoms with van der Waals surface area (Å²) in [5.74, 6) is 1.75. The topological polar surface area (TPSA) is 46.3 Å². The Morgan fingerprint density at radius 2 is 2.67 bits per heavy atom. The first-order chi connectivity index (χ1) is 5.88. The van der Waals surface area contributed by atoms with Gasteiger partial charge in [0.15, 0.2) is 12.1 Å². The minimum Gasteiger partial charge on any atom is -0.451 e. The van der Waals surface area contributed by atoms with Crippen molar-refractivity contribution in [3.8, 4) is 0 Å². The quantitative estimate of drug-likeness (QED) is 0.648. The molecule has 0 N–H and O–H groups in total.